The number of hydrogen-bond donors (Lipinski definition) is 0. The van der Waals surface area contributed by atoms with Crippen molar-refractivity contribution in [1.29, 1.82) is 0 Å². The van der Waals surface area contributed by atoms with E-state index in [1.165, 1.54) is 64.0 Å². The van der Waals surface area contributed by atoms with Crippen molar-refractivity contribution in [2.75, 3.05) is 12.0 Å². The Kier molecular flexibility index (Phi) is 11.7. The molecule has 1 atom stereocenters. The van der Waals surface area contributed by atoms with Crippen LogP contribution in [0.2, 0.25) is 0 Å². The molecule has 3 heteroatoms. The van der Waals surface area contributed by atoms with Crippen molar-refractivity contribution in [2.24, 2.45) is 5.92 Å². The molecule has 0 spiro atoms. The molecule has 0 aliphatic rings. The molecule has 0 radical (unpaired) electrons. The number of hydrogen-bond acceptors (Lipinski definition) is 2. The van der Waals surface area contributed by atoms with E-state index in [2.05, 4.69) is 13.8 Å². The van der Waals surface area contributed by atoms with Gasteiger partial charge in [0.25, 0.3) is 0 Å². The molecule has 0 saturated carbocycles. The summed E-state index contributed by atoms with van der Waals surface area (Å²) in [5, 5.41) is 0. The largest absolute Gasteiger partial charge is 0.229 e. The molecule has 0 bridgehead atoms. The highest BCUT2D eigenvalue weighted by Crippen LogP contribution is 2.22. The molecule has 0 saturated heterocycles. The zero-order valence-electron chi connectivity index (χ0n) is 13.3. The maximum Gasteiger partial charge on any atom is 0.147 e. The molecule has 0 aliphatic heterocycles. The van der Waals surface area contributed by atoms with Crippen LogP contribution in [0.3, 0.4) is 0 Å². The Bertz CT molecular complexity index is 283. The standard InChI is InChI=1S/C16H34O2S/c1-4-6-8-9-13-16(12-7-5-2)14-10-11-15-19(3,17)18/h16H,4-15H2,1-3H3. The maximum absolute atomic E-state index is 11.1. The highest BCUT2D eigenvalue weighted by Gasteiger charge is 2.09. The van der Waals surface area contributed by atoms with Crippen LogP contribution in [-0.4, -0.2) is 20.4 Å². The lowest BCUT2D eigenvalue weighted by atomic mass is 9.91. The van der Waals surface area contributed by atoms with Crippen LogP contribution in [0.1, 0.15) is 84.5 Å². The normalized spacial score (nSPS) is 13.6. The van der Waals surface area contributed by atoms with Gasteiger partial charge in [0.2, 0.25) is 0 Å². The van der Waals surface area contributed by atoms with Gasteiger partial charge in [0.1, 0.15) is 9.84 Å². The Balaban J connectivity index is 3.78. The van der Waals surface area contributed by atoms with Crippen molar-refractivity contribution in [1.82, 2.24) is 0 Å². The molecule has 116 valence electrons. The van der Waals surface area contributed by atoms with Crippen molar-refractivity contribution in [3.8, 4) is 0 Å². The SMILES string of the molecule is CCCCCCC(CCCC)CCCCS(C)(=O)=O. The molecule has 0 aromatic heterocycles. The van der Waals surface area contributed by atoms with Crippen molar-refractivity contribution >= 4 is 9.84 Å². The van der Waals surface area contributed by atoms with Gasteiger partial charge >= 0.3 is 0 Å². The summed E-state index contributed by atoms with van der Waals surface area (Å²) in [6.45, 7) is 4.50. The molecular weight excluding hydrogens is 256 g/mol. The molecule has 0 fully saturated rings. The molecule has 0 amide bonds. The molecular formula is C16H34O2S. The van der Waals surface area contributed by atoms with Gasteiger partial charge in [-0.2, -0.15) is 0 Å². The average molecular weight is 291 g/mol. The summed E-state index contributed by atoms with van der Waals surface area (Å²) in [6.07, 6.45) is 15.1. The van der Waals surface area contributed by atoms with Gasteiger partial charge in [0.05, 0.1) is 0 Å². The van der Waals surface area contributed by atoms with Crippen LogP contribution in [0.5, 0.6) is 0 Å². The predicted molar refractivity (Wildman–Crippen MR) is 85.3 cm³/mol. The van der Waals surface area contributed by atoms with Gasteiger partial charge < -0.3 is 0 Å². The molecule has 19 heavy (non-hydrogen) atoms. The zero-order chi connectivity index (χ0) is 14.6. The van der Waals surface area contributed by atoms with Crippen LogP contribution in [0.25, 0.3) is 0 Å². The van der Waals surface area contributed by atoms with Crippen LogP contribution in [0.4, 0.5) is 0 Å². The molecule has 2 nitrogen and oxygen atoms in total. The van der Waals surface area contributed by atoms with E-state index >= 15 is 0 Å². The van der Waals surface area contributed by atoms with Crippen molar-refractivity contribution in [3.05, 3.63) is 0 Å². The third-order valence-corrected chi connectivity index (χ3v) is 4.84. The summed E-state index contributed by atoms with van der Waals surface area (Å²) in [7, 11) is -2.76. The van der Waals surface area contributed by atoms with Crippen LogP contribution in [-0.2, 0) is 9.84 Å². The Hall–Kier alpha value is -0.0500. The average Bonchev–Trinajstić information content (AvgIpc) is 2.34. The third kappa shape index (κ3) is 14.2. The molecule has 1 unspecified atom stereocenters. The van der Waals surface area contributed by atoms with Gasteiger partial charge in [-0.25, -0.2) is 8.42 Å². The fraction of sp³-hybridized carbons (Fsp3) is 1.00. The Morgan fingerprint density at radius 2 is 1.26 bits per heavy atom. The van der Waals surface area contributed by atoms with Crippen LogP contribution in [0, 0.1) is 5.92 Å². The maximum atomic E-state index is 11.1. The third-order valence-electron chi connectivity index (χ3n) is 3.81. The first-order chi connectivity index (χ1) is 8.99. The van der Waals surface area contributed by atoms with E-state index in [9.17, 15) is 8.42 Å². The van der Waals surface area contributed by atoms with Gasteiger partial charge in [-0.15, -0.1) is 0 Å². The topological polar surface area (TPSA) is 34.1 Å². The minimum atomic E-state index is -2.76. The van der Waals surface area contributed by atoms with Crippen molar-refractivity contribution in [3.63, 3.8) is 0 Å². The summed E-state index contributed by atoms with van der Waals surface area (Å²) >= 11 is 0. The monoisotopic (exact) mass is 290 g/mol. The lowest BCUT2D eigenvalue weighted by Crippen LogP contribution is -2.05. The minimum absolute atomic E-state index is 0.364. The predicted octanol–water partition coefficient (Wildman–Crippen LogP) is 4.98. The van der Waals surface area contributed by atoms with E-state index in [1.54, 1.807) is 0 Å². The molecule has 0 aromatic carbocycles. The first kappa shape index (κ1) is 18.9. The lowest BCUT2D eigenvalue weighted by Gasteiger charge is -2.16. The Labute approximate surface area is 121 Å². The van der Waals surface area contributed by atoms with Crippen LogP contribution >= 0.6 is 0 Å². The van der Waals surface area contributed by atoms with Gasteiger partial charge in [-0.1, -0.05) is 78.1 Å². The molecule has 0 N–H and O–H groups in total. The first-order valence-electron chi connectivity index (χ1n) is 8.17. The summed E-state index contributed by atoms with van der Waals surface area (Å²) in [6, 6.07) is 0. The summed E-state index contributed by atoms with van der Waals surface area (Å²) in [5.74, 6) is 1.19. The van der Waals surface area contributed by atoms with E-state index in [0.717, 1.165) is 18.8 Å². The fourth-order valence-corrected chi connectivity index (χ4v) is 3.31. The number of unbranched alkanes of at least 4 members (excludes halogenated alkanes) is 5. The summed E-state index contributed by atoms with van der Waals surface area (Å²) in [5.41, 5.74) is 0. The fourth-order valence-electron chi connectivity index (χ4n) is 2.58. The molecule has 0 heterocycles. The van der Waals surface area contributed by atoms with Crippen molar-refractivity contribution in [2.45, 2.75) is 84.5 Å². The first-order valence-corrected chi connectivity index (χ1v) is 10.2. The second-order valence-electron chi connectivity index (χ2n) is 5.98. The smallest absolute Gasteiger partial charge is 0.147 e. The van der Waals surface area contributed by atoms with Crippen LogP contribution < -0.4 is 0 Å². The second kappa shape index (κ2) is 11.7. The highest BCUT2D eigenvalue weighted by atomic mass is 32.2. The second-order valence-corrected chi connectivity index (χ2v) is 8.24. The summed E-state index contributed by atoms with van der Waals surface area (Å²) in [4.78, 5) is 0. The van der Waals surface area contributed by atoms with E-state index < -0.39 is 9.84 Å². The van der Waals surface area contributed by atoms with Crippen LogP contribution in [0.15, 0.2) is 0 Å². The molecule has 0 rings (SSSR count). The van der Waals surface area contributed by atoms with E-state index in [4.69, 9.17) is 0 Å². The highest BCUT2D eigenvalue weighted by molar-refractivity contribution is 7.90. The minimum Gasteiger partial charge on any atom is -0.229 e. The van der Waals surface area contributed by atoms with Crippen molar-refractivity contribution < 1.29 is 8.42 Å². The van der Waals surface area contributed by atoms with E-state index in [-0.39, 0.29) is 0 Å². The number of sulfone groups is 1. The van der Waals surface area contributed by atoms with Gasteiger partial charge in [0, 0.05) is 12.0 Å². The quantitative estimate of drug-likeness (QED) is 0.448. The van der Waals surface area contributed by atoms with Gasteiger partial charge in [-0.3, -0.25) is 0 Å². The number of rotatable bonds is 13. The van der Waals surface area contributed by atoms with Gasteiger partial charge in [-0.05, 0) is 12.3 Å². The molecule has 0 aromatic rings. The molecule has 0 aliphatic carbocycles. The Morgan fingerprint density at radius 1 is 0.737 bits per heavy atom. The Morgan fingerprint density at radius 3 is 1.79 bits per heavy atom. The zero-order valence-corrected chi connectivity index (χ0v) is 14.1. The lowest BCUT2D eigenvalue weighted by molar-refractivity contribution is 0.377. The van der Waals surface area contributed by atoms with E-state index in [1.807, 2.05) is 0 Å². The van der Waals surface area contributed by atoms with Gasteiger partial charge in [0.15, 0.2) is 0 Å². The summed E-state index contributed by atoms with van der Waals surface area (Å²) < 4.78 is 22.2. The van der Waals surface area contributed by atoms with E-state index in [0.29, 0.717) is 5.75 Å².